The van der Waals surface area contributed by atoms with Gasteiger partial charge >= 0.3 is 0 Å². The van der Waals surface area contributed by atoms with Gasteiger partial charge in [0.2, 0.25) is 0 Å². The third-order valence-electron chi connectivity index (χ3n) is 5.13. The molecule has 1 aromatic heterocycles. The lowest BCUT2D eigenvalue weighted by molar-refractivity contribution is -0.120. The fraction of sp³-hybridized carbons (Fsp3) is 0.222. The summed E-state index contributed by atoms with van der Waals surface area (Å²) in [7, 11) is 1.63. The van der Waals surface area contributed by atoms with E-state index < -0.39 is 17.5 Å². The van der Waals surface area contributed by atoms with Crippen molar-refractivity contribution in [2.24, 2.45) is 5.73 Å². The summed E-state index contributed by atoms with van der Waals surface area (Å²) in [6, 6.07) is 16.8. The maximum absolute atomic E-state index is 13.1. The first-order valence-electron chi connectivity index (χ1n) is 11.1. The number of hydrogen-bond acceptors (Lipinski definition) is 6. The Morgan fingerprint density at radius 3 is 2.69 bits per heavy atom. The smallest absolute Gasteiger partial charge is 0.270 e. The number of hydrogen-bond donors (Lipinski definition) is 2. The van der Waals surface area contributed by atoms with Crippen LogP contribution in [0.1, 0.15) is 29.9 Å². The predicted octanol–water partition coefficient (Wildman–Crippen LogP) is 3.12. The molecule has 0 bridgehead atoms. The number of carbonyl (C=O) groups excluding carboxylic acids is 2. The number of ether oxygens (including phenoxy) is 2. The molecule has 178 valence electrons. The second kappa shape index (κ2) is 9.87. The molecule has 0 spiro atoms. The highest BCUT2D eigenvalue weighted by Crippen LogP contribution is 2.31. The predicted molar refractivity (Wildman–Crippen MR) is 132 cm³/mol. The molecule has 0 saturated heterocycles. The number of nitrogens with two attached hydrogens (primary N) is 1. The number of benzene rings is 2. The first-order valence-corrected chi connectivity index (χ1v) is 11.1. The van der Waals surface area contributed by atoms with Gasteiger partial charge in [0.1, 0.15) is 35.6 Å². The molecule has 0 aliphatic carbocycles. The van der Waals surface area contributed by atoms with Gasteiger partial charge < -0.3 is 25.4 Å². The second-order valence-electron chi connectivity index (χ2n) is 8.68. The maximum Gasteiger partial charge on any atom is 0.270 e. The van der Waals surface area contributed by atoms with Gasteiger partial charge in [-0.15, -0.1) is 0 Å². The lowest BCUT2D eigenvalue weighted by atomic mass is 10.1. The summed E-state index contributed by atoms with van der Waals surface area (Å²) in [6.45, 7) is 3.60. The molecule has 4 rings (SSSR count). The number of likely N-dealkylation sites (N-methyl/N-ethyl adjacent to an activating group) is 1. The minimum Gasteiger partial charge on any atom is -0.489 e. The normalized spacial score (nSPS) is 15.1. The van der Waals surface area contributed by atoms with E-state index in [4.69, 9.17) is 15.2 Å². The third-order valence-corrected chi connectivity index (χ3v) is 5.13. The molecule has 1 atom stereocenters. The quantitative estimate of drug-likeness (QED) is 0.568. The number of para-hydroxylation sites is 1. The van der Waals surface area contributed by atoms with Crippen molar-refractivity contribution in [2.75, 3.05) is 18.6 Å². The lowest BCUT2D eigenvalue weighted by Crippen LogP contribution is -2.49. The van der Waals surface area contributed by atoms with Crippen molar-refractivity contribution >= 4 is 17.5 Å². The number of aromatic nitrogens is 1. The summed E-state index contributed by atoms with van der Waals surface area (Å²) in [6.07, 6.45) is 1.48. The van der Waals surface area contributed by atoms with Gasteiger partial charge in [-0.1, -0.05) is 30.0 Å². The van der Waals surface area contributed by atoms with E-state index in [1.165, 1.54) is 17.2 Å². The first kappa shape index (κ1) is 23.8. The van der Waals surface area contributed by atoms with Crippen LogP contribution >= 0.6 is 0 Å². The van der Waals surface area contributed by atoms with Crippen LogP contribution < -0.4 is 25.4 Å². The fourth-order valence-electron chi connectivity index (χ4n) is 3.37. The van der Waals surface area contributed by atoms with Crippen LogP contribution in [0.2, 0.25) is 0 Å². The summed E-state index contributed by atoms with van der Waals surface area (Å²) >= 11 is 0. The summed E-state index contributed by atoms with van der Waals surface area (Å²) in [5.74, 6) is 6.77. The van der Waals surface area contributed by atoms with Gasteiger partial charge in [0, 0.05) is 24.9 Å². The van der Waals surface area contributed by atoms with Crippen LogP contribution in [0.15, 0.2) is 66.9 Å². The van der Waals surface area contributed by atoms with Gasteiger partial charge in [-0.3, -0.25) is 14.6 Å². The van der Waals surface area contributed by atoms with Gasteiger partial charge in [-0.05, 0) is 50.2 Å². The molecule has 3 aromatic rings. The number of anilines is 1. The number of pyridine rings is 1. The molecule has 1 aliphatic heterocycles. The maximum atomic E-state index is 13.1. The van der Waals surface area contributed by atoms with Crippen molar-refractivity contribution in [1.29, 1.82) is 0 Å². The molecule has 1 aliphatic rings. The van der Waals surface area contributed by atoms with E-state index in [2.05, 4.69) is 22.1 Å². The number of fused-ring (bicyclic) bond motifs is 1. The third kappa shape index (κ3) is 5.96. The zero-order valence-corrected chi connectivity index (χ0v) is 19.7. The molecule has 8 heteroatoms. The van der Waals surface area contributed by atoms with E-state index in [1.54, 1.807) is 31.3 Å². The van der Waals surface area contributed by atoms with Crippen LogP contribution in [0.3, 0.4) is 0 Å². The van der Waals surface area contributed by atoms with E-state index in [1.807, 2.05) is 44.2 Å². The Morgan fingerprint density at radius 2 is 1.94 bits per heavy atom. The van der Waals surface area contributed by atoms with Crippen LogP contribution in [0.4, 0.5) is 5.69 Å². The van der Waals surface area contributed by atoms with Gasteiger partial charge in [0.05, 0.1) is 11.2 Å². The molecular weight excluding hydrogens is 444 g/mol. The molecule has 35 heavy (non-hydrogen) atoms. The van der Waals surface area contributed by atoms with Crippen molar-refractivity contribution in [3.63, 3.8) is 0 Å². The van der Waals surface area contributed by atoms with Gasteiger partial charge in [-0.2, -0.15) is 0 Å². The first-order chi connectivity index (χ1) is 16.7. The van der Waals surface area contributed by atoms with Gasteiger partial charge in [0.15, 0.2) is 0 Å². The van der Waals surface area contributed by atoms with Crippen LogP contribution in [-0.4, -0.2) is 42.0 Å². The average molecular weight is 471 g/mol. The topological polar surface area (TPSA) is 107 Å². The fourth-order valence-corrected chi connectivity index (χ4v) is 3.37. The Balaban J connectivity index is 1.48. The summed E-state index contributed by atoms with van der Waals surface area (Å²) in [5.41, 5.74) is 6.68. The van der Waals surface area contributed by atoms with Crippen molar-refractivity contribution in [3.05, 3.63) is 78.1 Å². The zero-order chi connectivity index (χ0) is 25.0. The summed E-state index contributed by atoms with van der Waals surface area (Å²) in [5, 5.41) is 2.72. The van der Waals surface area contributed by atoms with Crippen LogP contribution in [0.5, 0.6) is 17.2 Å². The van der Waals surface area contributed by atoms with Gasteiger partial charge in [0.25, 0.3) is 11.8 Å². The van der Waals surface area contributed by atoms with Crippen LogP contribution in [0, 0.1) is 11.8 Å². The summed E-state index contributed by atoms with van der Waals surface area (Å²) < 4.78 is 11.6. The number of nitrogens with one attached hydrogen (secondary N) is 1. The van der Waals surface area contributed by atoms with E-state index in [0.717, 1.165) is 0 Å². The Morgan fingerprint density at radius 1 is 1.17 bits per heavy atom. The van der Waals surface area contributed by atoms with E-state index in [0.29, 0.717) is 28.5 Å². The summed E-state index contributed by atoms with van der Waals surface area (Å²) in [4.78, 5) is 31.6. The van der Waals surface area contributed by atoms with E-state index in [9.17, 15) is 9.59 Å². The average Bonchev–Trinajstić information content (AvgIpc) is 2.95. The molecular formula is C27H26N4O4. The van der Waals surface area contributed by atoms with Crippen molar-refractivity contribution in [2.45, 2.75) is 25.4 Å². The minimum absolute atomic E-state index is 0.0248. The van der Waals surface area contributed by atoms with Crippen molar-refractivity contribution in [1.82, 2.24) is 10.3 Å². The SMILES string of the molecule is CN1C(=O)[C@H](NC(=O)c2cc(Oc3ccccc3)ccn2)COc2ccc(C#CC(C)(C)N)cc21. The van der Waals surface area contributed by atoms with Crippen molar-refractivity contribution < 1.29 is 19.1 Å². The monoisotopic (exact) mass is 470 g/mol. The number of rotatable bonds is 4. The van der Waals surface area contributed by atoms with E-state index in [-0.39, 0.29) is 18.2 Å². The molecule has 2 heterocycles. The number of amides is 2. The molecule has 0 fully saturated rings. The van der Waals surface area contributed by atoms with E-state index >= 15 is 0 Å². The largest absolute Gasteiger partial charge is 0.489 e. The molecule has 0 radical (unpaired) electrons. The molecule has 3 N–H and O–H groups in total. The number of carbonyl (C=O) groups is 2. The highest BCUT2D eigenvalue weighted by Gasteiger charge is 2.31. The highest BCUT2D eigenvalue weighted by molar-refractivity contribution is 6.03. The van der Waals surface area contributed by atoms with Crippen LogP contribution in [-0.2, 0) is 4.79 Å². The molecule has 8 nitrogen and oxygen atoms in total. The zero-order valence-electron chi connectivity index (χ0n) is 19.7. The standard InChI is InChI=1S/C27H26N4O4/c1-27(2,28)13-11-18-9-10-24-23(15-18)31(3)26(33)22(17-34-24)30-25(32)21-16-20(12-14-29-21)35-19-7-5-4-6-8-19/h4-10,12,14-16,22H,17,28H2,1-3H3,(H,30,32)/t22-/m1/s1. The highest BCUT2D eigenvalue weighted by atomic mass is 16.5. The van der Waals surface area contributed by atoms with Crippen LogP contribution in [0.25, 0.3) is 0 Å². The Kier molecular flexibility index (Phi) is 6.71. The Bertz CT molecular complexity index is 1310. The van der Waals surface area contributed by atoms with Gasteiger partial charge in [-0.25, -0.2) is 0 Å². The molecule has 0 saturated carbocycles. The molecule has 2 aromatic carbocycles. The Labute approximate surface area is 204 Å². The number of nitrogens with zero attached hydrogens (tertiary/aromatic N) is 2. The second-order valence-corrected chi connectivity index (χ2v) is 8.68. The lowest BCUT2D eigenvalue weighted by Gasteiger charge is -2.20. The molecule has 0 unspecified atom stereocenters. The minimum atomic E-state index is -0.905. The molecule has 2 amide bonds. The van der Waals surface area contributed by atoms with Crippen molar-refractivity contribution in [3.8, 4) is 29.1 Å². The Hall–Kier alpha value is -4.35.